The molecule has 7 nitrogen and oxygen atoms in total. The van der Waals surface area contributed by atoms with E-state index in [0.29, 0.717) is 28.9 Å². The van der Waals surface area contributed by atoms with Gasteiger partial charge in [0.05, 0.1) is 5.56 Å². The molecule has 1 saturated heterocycles. The molecular formula is C24H30N6OS. The van der Waals surface area contributed by atoms with Crippen molar-refractivity contribution in [3.63, 3.8) is 0 Å². The number of carbonyl (C=O) groups excluding carboxylic acids is 1. The maximum atomic E-state index is 12.4. The third-order valence-corrected chi connectivity index (χ3v) is 7.08. The van der Waals surface area contributed by atoms with Crippen LogP contribution >= 0.6 is 11.8 Å². The molecule has 0 radical (unpaired) electrons. The van der Waals surface area contributed by atoms with Crippen LogP contribution in [0.25, 0.3) is 0 Å². The van der Waals surface area contributed by atoms with Gasteiger partial charge in [0.15, 0.2) is 0 Å². The van der Waals surface area contributed by atoms with Crippen LogP contribution in [0, 0.1) is 11.3 Å². The van der Waals surface area contributed by atoms with Crippen molar-refractivity contribution in [1.82, 2.24) is 10.3 Å². The van der Waals surface area contributed by atoms with Crippen LogP contribution in [0.2, 0.25) is 0 Å². The highest BCUT2D eigenvalue weighted by atomic mass is 32.2. The van der Waals surface area contributed by atoms with Gasteiger partial charge in [-0.15, -0.1) is 0 Å². The maximum absolute atomic E-state index is 12.4. The van der Waals surface area contributed by atoms with Crippen LogP contribution in [0.5, 0.6) is 0 Å². The van der Waals surface area contributed by atoms with Crippen LogP contribution < -0.4 is 16.0 Å². The molecule has 3 rings (SSSR count). The Balaban J connectivity index is 2.11. The van der Waals surface area contributed by atoms with Crippen molar-refractivity contribution in [1.29, 1.82) is 5.26 Å². The summed E-state index contributed by atoms with van der Waals surface area (Å²) >= 11 is 1.32. The first-order chi connectivity index (χ1) is 15.5. The number of benzene rings is 1. The van der Waals surface area contributed by atoms with Crippen LogP contribution in [-0.2, 0) is 11.2 Å². The summed E-state index contributed by atoms with van der Waals surface area (Å²) in [6, 6.07) is 12.3. The van der Waals surface area contributed by atoms with Crippen molar-refractivity contribution < 1.29 is 4.79 Å². The minimum Gasteiger partial charge on any atom is -0.368 e. The molecule has 168 valence electrons. The third kappa shape index (κ3) is 5.12. The zero-order chi connectivity index (χ0) is 23.1. The van der Waals surface area contributed by atoms with Gasteiger partial charge in [0.25, 0.3) is 0 Å². The summed E-state index contributed by atoms with van der Waals surface area (Å²) in [5.74, 6) is 0.257. The lowest BCUT2D eigenvalue weighted by Crippen LogP contribution is -2.42. The number of hydrogen-bond acceptors (Lipinski definition) is 7. The molecule has 2 heterocycles. The SMILES string of the molecule is CCc1c(C#N)c(N2CCC(NC)CC2)nc(SC(C(N)=O)c2ccccc2)c1/C=N/C. The number of amides is 1. The molecule has 1 aliphatic heterocycles. The van der Waals surface area contributed by atoms with E-state index in [1.54, 1.807) is 13.3 Å². The fourth-order valence-electron chi connectivity index (χ4n) is 4.09. The van der Waals surface area contributed by atoms with E-state index in [9.17, 15) is 10.1 Å². The lowest BCUT2D eigenvalue weighted by Gasteiger charge is -2.34. The lowest BCUT2D eigenvalue weighted by molar-refractivity contribution is -0.117. The van der Waals surface area contributed by atoms with E-state index in [4.69, 9.17) is 10.7 Å². The normalized spacial score (nSPS) is 15.6. The summed E-state index contributed by atoms with van der Waals surface area (Å²) in [6.45, 7) is 3.66. The molecule has 0 bridgehead atoms. The van der Waals surface area contributed by atoms with Gasteiger partial charge < -0.3 is 16.0 Å². The largest absolute Gasteiger partial charge is 0.368 e. The van der Waals surface area contributed by atoms with Crippen LogP contribution in [0.3, 0.4) is 0 Å². The van der Waals surface area contributed by atoms with Gasteiger partial charge in [-0.05, 0) is 37.4 Å². The van der Waals surface area contributed by atoms with Crippen molar-refractivity contribution in [3.8, 4) is 6.07 Å². The predicted molar refractivity (Wildman–Crippen MR) is 130 cm³/mol. The second-order valence-electron chi connectivity index (χ2n) is 7.72. The average Bonchev–Trinajstić information content (AvgIpc) is 2.83. The summed E-state index contributed by atoms with van der Waals surface area (Å²) in [5, 5.41) is 13.5. The number of nitrogens with two attached hydrogens (primary N) is 1. The van der Waals surface area contributed by atoms with Crippen LogP contribution in [0.15, 0.2) is 40.4 Å². The summed E-state index contributed by atoms with van der Waals surface area (Å²) in [4.78, 5) is 23.7. The molecule has 1 aromatic carbocycles. The molecule has 0 aliphatic carbocycles. The van der Waals surface area contributed by atoms with Gasteiger partial charge in [0.1, 0.15) is 22.2 Å². The number of rotatable bonds is 8. The highest BCUT2D eigenvalue weighted by Gasteiger charge is 2.28. The molecule has 1 amide bonds. The fraction of sp³-hybridized carbons (Fsp3) is 0.417. The van der Waals surface area contributed by atoms with Crippen molar-refractivity contribution in [2.75, 3.05) is 32.1 Å². The van der Waals surface area contributed by atoms with Gasteiger partial charge >= 0.3 is 0 Å². The molecule has 1 atom stereocenters. The molecule has 1 unspecified atom stereocenters. The van der Waals surface area contributed by atoms with E-state index >= 15 is 0 Å². The smallest absolute Gasteiger partial charge is 0.235 e. The Labute approximate surface area is 194 Å². The molecule has 3 N–H and O–H groups in total. The molecule has 2 aromatic rings. The minimum absolute atomic E-state index is 0.429. The van der Waals surface area contributed by atoms with E-state index in [-0.39, 0.29) is 0 Å². The number of pyridine rings is 1. The molecule has 32 heavy (non-hydrogen) atoms. The average molecular weight is 451 g/mol. The van der Waals surface area contributed by atoms with Crippen LogP contribution in [-0.4, -0.2) is 50.3 Å². The van der Waals surface area contributed by atoms with Gasteiger partial charge in [-0.3, -0.25) is 9.79 Å². The number of aromatic nitrogens is 1. The second-order valence-corrected chi connectivity index (χ2v) is 8.82. The van der Waals surface area contributed by atoms with Crippen molar-refractivity contribution >= 4 is 29.7 Å². The van der Waals surface area contributed by atoms with Crippen molar-refractivity contribution in [3.05, 3.63) is 52.6 Å². The number of nitriles is 1. The monoisotopic (exact) mass is 450 g/mol. The van der Waals surface area contributed by atoms with Crippen LogP contribution in [0.4, 0.5) is 5.82 Å². The number of aliphatic imine (C=N–C) groups is 1. The van der Waals surface area contributed by atoms with Gasteiger partial charge in [-0.25, -0.2) is 4.98 Å². The van der Waals surface area contributed by atoms with Crippen molar-refractivity contribution in [2.24, 2.45) is 10.7 Å². The number of nitrogens with one attached hydrogen (secondary N) is 1. The fourth-order valence-corrected chi connectivity index (χ4v) is 5.16. The van der Waals surface area contributed by atoms with E-state index in [2.05, 4.69) is 21.3 Å². The third-order valence-electron chi connectivity index (χ3n) is 5.80. The Bertz CT molecular complexity index is 1010. The lowest BCUT2D eigenvalue weighted by atomic mass is 10.00. The van der Waals surface area contributed by atoms with E-state index < -0.39 is 11.2 Å². The summed E-state index contributed by atoms with van der Waals surface area (Å²) in [7, 11) is 3.68. The number of piperidine rings is 1. The zero-order valence-corrected chi connectivity index (χ0v) is 19.7. The maximum Gasteiger partial charge on any atom is 0.235 e. The Morgan fingerprint density at radius 2 is 2.09 bits per heavy atom. The molecule has 1 fully saturated rings. The van der Waals surface area contributed by atoms with E-state index in [1.807, 2.05) is 44.3 Å². The molecule has 1 aliphatic rings. The number of hydrogen-bond donors (Lipinski definition) is 2. The first-order valence-corrected chi connectivity index (χ1v) is 11.7. The second kappa shape index (κ2) is 11.1. The highest BCUT2D eigenvalue weighted by Crippen LogP contribution is 2.39. The van der Waals surface area contributed by atoms with Gasteiger partial charge in [-0.2, -0.15) is 5.26 Å². The molecular weight excluding hydrogens is 420 g/mol. The number of nitrogens with zero attached hydrogens (tertiary/aromatic N) is 4. The standard InChI is InChI=1S/C24H30N6OS/c1-4-18-19(14-25)23(30-12-10-17(28-3)11-13-30)29-24(20(18)15-27-2)32-21(22(26)31)16-8-6-5-7-9-16/h5-9,15,17,21,28H,4,10-13H2,1-3H3,(H2,26,31)/b27-15+. The molecule has 8 heteroatoms. The summed E-state index contributed by atoms with van der Waals surface area (Å²) in [5.41, 5.74) is 8.89. The number of thioether (sulfide) groups is 1. The highest BCUT2D eigenvalue weighted by molar-refractivity contribution is 8.00. The summed E-state index contributed by atoms with van der Waals surface area (Å²) in [6.07, 6.45) is 4.36. The summed E-state index contributed by atoms with van der Waals surface area (Å²) < 4.78 is 0. The Morgan fingerprint density at radius 3 is 2.62 bits per heavy atom. The predicted octanol–water partition coefficient (Wildman–Crippen LogP) is 3.07. The first kappa shape index (κ1) is 23.8. The van der Waals surface area contributed by atoms with Crippen molar-refractivity contribution in [2.45, 2.75) is 42.5 Å². The van der Waals surface area contributed by atoms with Gasteiger partial charge in [0.2, 0.25) is 5.91 Å². The van der Waals surface area contributed by atoms with Gasteiger partial charge in [0, 0.05) is 38.0 Å². The number of carbonyl (C=O) groups is 1. The molecule has 1 aromatic heterocycles. The first-order valence-electron chi connectivity index (χ1n) is 10.9. The Hall–Kier alpha value is -2.89. The minimum atomic E-state index is -0.590. The number of primary amides is 1. The quantitative estimate of drug-likeness (QED) is 0.473. The molecule has 0 saturated carbocycles. The zero-order valence-electron chi connectivity index (χ0n) is 18.8. The topological polar surface area (TPSA) is 107 Å². The number of anilines is 1. The molecule has 0 spiro atoms. The van der Waals surface area contributed by atoms with Gasteiger partial charge in [-0.1, -0.05) is 49.0 Å². The Morgan fingerprint density at radius 1 is 1.41 bits per heavy atom. The van der Waals surface area contributed by atoms with Crippen LogP contribution in [0.1, 0.15) is 47.3 Å². The van der Waals surface area contributed by atoms with E-state index in [1.165, 1.54) is 11.8 Å². The van der Waals surface area contributed by atoms with E-state index in [0.717, 1.165) is 42.6 Å². The Kier molecular flexibility index (Phi) is 8.26.